The van der Waals surface area contributed by atoms with E-state index in [1.807, 2.05) is 0 Å². The fraction of sp³-hybridized carbons (Fsp3) is 0.565. The molecular formula is C23H28N2O10S. The second-order valence-electron chi connectivity index (χ2n) is 9.90. The first-order valence-corrected chi connectivity index (χ1v) is 12.0. The summed E-state index contributed by atoms with van der Waals surface area (Å²) >= 11 is 1.38. The summed E-state index contributed by atoms with van der Waals surface area (Å²) in [6.45, 7) is 7.68. The zero-order valence-electron chi connectivity index (χ0n) is 20.5. The Hall–Kier alpha value is -3.35. The van der Waals surface area contributed by atoms with E-state index in [-0.39, 0.29) is 24.8 Å². The van der Waals surface area contributed by atoms with Crippen molar-refractivity contribution < 1.29 is 43.0 Å². The summed E-state index contributed by atoms with van der Waals surface area (Å²) in [7, 11) is 0. The monoisotopic (exact) mass is 524 g/mol. The van der Waals surface area contributed by atoms with E-state index in [4.69, 9.17) is 18.9 Å². The van der Waals surface area contributed by atoms with Crippen LogP contribution in [0.25, 0.3) is 0 Å². The molecule has 0 unspecified atom stereocenters. The lowest BCUT2D eigenvalue weighted by molar-refractivity contribution is -0.384. The van der Waals surface area contributed by atoms with E-state index in [0.717, 1.165) is 0 Å². The van der Waals surface area contributed by atoms with Crippen LogP contribution in [-0.2, 0) is 39.9 Å². The Kier molecular flexibility index (Phi) is 7.82. The molecule has 2 saturated heterocycles. The Bertz CT molecular complexity index is 1050. The lowest BCUT2D eigenvalue weighted by Crippen LogP contribution is -2.64. The number of hydrogen-bond donors (Lipinski definition) is 0. The predicted molar refractivity (Wildman–Crippen MR) is 125 cm³/mol. The van der Waals surface area contributed by atoms with Crippen LogP contribution in [0.4, 0.5) is 10.5 Å². The van der Waals surface area contributed by atoms with Gasteiger partial charge in [-0.25, -0.2) is 9.59 Å². The Labute approximate surface area is 211 Å². The number of carbonyl (C=O) groups is 4. The Morgan fingerprint density at radius 3 is 2.31 bits per heavy atom. The molecule has 0 N–H and O–H groups in total. The van der Waals surface area contributed by atoms with Crippen molar-refractivity contribution in [2.75, 3.05) is 13.4 Å². The molecule has 3 rings (SSSR count). The molecule has 13 heteroatoms. The van der Waals surface area contributed by atoms with E-state index in [2.05, 4.69) is 0 Å². The first-order chi connectivity index (χ1) is 16.7. The molecule has 0 bridgehead atoms. The number of ether oxygens (including phenoxy) is 4. The molecule has 3 atom stereocenters. The summed E-state index contributed by atoms with van der Waals surface area (Å²) in [5.74, 6) is -2.23. The lowest BCUT2D eigenvalue weighted by atomic mass is 9.92. The second-order valence-corrected chi connectivity index (χ2v) is 11.7. The maximum Gasteiger partial charge on any atom is 0.508 e. The number of amides is 1. The highest BCUT2D eigenvalue weighted by Crippen LogP contribution is 2.53. The summed E-state index contributed by atoms with van der Waals surface area (Å²) in [5.41, 5.74) is -0.297. The summed E-state index contributed by atoms with van der Waals surface area (Å²) in [4.78, 5) is 60.9. The number of carbonyl (C=O) groups excluding carboxylic acids is 4. The van der Waals surface area contributed by atoms with Crippen LogP contribution >= 0.6 is 11.8 Å². The Balaban J connectivity index is 1.48. The highest BCUT2D eigenvalue weighted by atomic mass is 32.2. The maximum atomic E-state index is 12.8. The molecule has 1 aromatic carbocycles. The molecule has 0 spiro atoms. The van der Waals surface area contributed by atoms with Crippen molar-refractivity contribution in [2.45, 2.75) is 57.4 Å². The maximum absolute atomic E-state index is 12.8. The molecule has 2 aliphatic rings. The third-order valence-electron chi connectivity index (χ3n) is 5.66. The summed E-state index contributed by atoms with van der Waals surface area (Å²) in [5, 5.41) is 10.3. The van der Waals surface area contributed by atoms with Crippen LogP contribution in [-0.4, -0.2) is 63.4 Å². The zero-order valence-corrected chi connectivity index (χ0v) is 21.4. The van der Waals surface area contributed by atoms with Crippen LogP contribution in [0.5, 0.6) is 0 Å². The molecule has 0 radical (unpaired) electrons. The summed E-state index contributed by atoms with van der Waals surface area (Å²) in [6, 6.07) is 4.61. The van der Waals surface area contributed by atoms with Crippen LogP contribution < -0.4 is 0 Å². The molecule has 0 aromatic heterocycles. The minimum Gasteiger partial charge on any atom is -0.433 e. The van der Waals surface area contributed by atoms with E-state index < -0.39 is 57.3 Å². The van der Waals surface area contributed by atoms with Crippen molar-refractivity contribution in [1.82, 2.24) is 4.90 Å². The van der Waals surface area contributed by atoms with Crippen molar-refractivity contribution in [3.8, 4) is 0 Å². The van der Waals surface area contributed by atoms with Gasteiger partial charge in [-0.15, -0.1) is 11.8 Å². The van der Waals surface area contributed by atoms with Crippen molar-refractivity contribution in [2.24, 2.45) is 11.3 Å². The third-order valence-corrected chi connectivity index (χ3v) is 7.29. The van der Waals surface area contributed by atoms with Gasteiger partial charge in [-0.05, 0) is 52.3 Å². The number of esters is 2. The van der Waals surface area contributed by atoms with Crippen LogP contribution in [0.15, 0.2) is 24.3 Å². The Morgan fingerprint density at radius 1 is 1.08 bits per heavy atom. The molecule has 2 aliphatic heterocycles. The minimum absolute atomic E-state index is 0.0838. The molecule has 0 aliphatic carbocycles. The van der Waals surface area contributed by atoms with Gasteiger partial charge in [-0.2, -0.15) is 0 Å². The first-order valence-electron chi connectivity index (χ1n) is 11.1. The number of non-ortho nitro benzene ring substituents is 1. The van der Waals surface area contributed by atoms with E-state index in [1.165, 1.54) is 40.9 Å². The highest BCUT2D eigenvalue weighted by molar-refractivity contribution is 8.01. The highest BCUT2D eigenvalue weighted by Gasteiger charge is 2.64. The smallest absolute Gasteiger partial charge is 0.433 e. The van der Waals surface area contributed by atoms with Gasteiger partial charge >= 0.3 is 18.1 Å². The molecule has 2 heterocycles. The van der Waals surface area contributed by atoms with Gasteiger partial charge in [0.25, 0.3) is 5.69 Å². The fourth-order valence-electron chi connectivity index (χ4n) is 3.72. The van der Waals surface area contributed by atoms with Crippen molar-refractivity contribution in [3.63, 3.8) is 0 Å². The number of nitrogens with zero attached hydrogens (tertiary/aromatic N) is 2. The number of β-lactam (4-membered cyclic amide) rings is 1. The number of benzene rings is 1. The summed E-state index contributed by atoms with van der Waals surface area (Å²) in [6.07, 6.45) is -0.988. The van der Waals surface area contributed by atoms with Crippen LogP contribution in [0.2, 0.25) is 0 Å². The number of rotatable bonds is 8. The molecule has 12 nitrogen and oxygen atoms in total. The molecule has 1 amide bonds. The average Bonchev–Trinajstić information content (AvgIpc) is 3.04. The van der Waals surface area contributed by atoms with Gasteiger partial charge in [0.2, 0.25) is 12.7 Å². The molecule has 196 valence electrons. The SMILES string of the molecule is CC(C)(C)C(=O)OCOC(=O)[C@@H]1N2C(=O)[C@H](COC(=O)OCc3ccc([N+](=O)[O-])cc3)[C@H]2SC1(C)C. The Morgan fingerprint density at radius 2 is 1.72 bits per heavy atom. The van der Waals surface area contributed by atoms with Gasteiger partial charge in [0, 0.05) is 16.9 Å². The second kappa shape index (κ2) is 10.3. The van der Waals surface area contributed by atoms with Gasteiger partial charge in [-0.1, -0.05) is 0 Å². The third kappa shape index (κ3) is 5.89. The van der Waals surface area contributed by atoms with Crippen molar-refractivity contribution in [3.05, 3.63) is 39.9 Å². The van der Waals surface area contributed by atoms with Gasteiger partial charge in [0.15, 0.2) is 0 Å². The lowest BCUT2D eigenvalue weighted by Gasteiger charge is -2.43. The molecule has 2 fully saturated rings. The average molecular weight is 525 g/mol. The van der Waals surface area contributed by atoms with Gasteiger partial charge in [-0.3, -0.25) is 19.7 Å². The van der Waals surface area contributed by atoms with E-state index in [0.29, 0.717) is 5.56 Å². The number of thioether (sulfide) groups is 1. The van der Waals surface area contributed by atoms with Crippen LogP contribution in [0, 0.1) is 21.4 Å². The normalized spacial score (nSPS) is 22.2. The van der Waals surface area contributed by atoms with Gasteiger partial charge in [0.1, 0.15) is 25.2 Å². The number of nitro benzene ring substituents is 1. The van der Waals surface area contributed by atoms with Crippen LogP contribution in [0.1, 0.15) is 40.2 Å². The van der Waals surface area contributed by atoms with Crippen LogP contribution in [0.3, 0.4) is 0 Å². The standard InChI is InChI=1S/C23H28N2O10S/c1-22(2,3)20(28)35-12-34-19(27)16-23(4,5)36-18-15(17(26)24(16)18)11-33-21(29)32-10-13-6-8-14(9-7-13)25(30)31/h6-9,15-16,18H,10-12H2,1-5H3/t15-,16-,18+/m0/s1. The molecule has 1 aromatic rings. The van der Waals surface area contributed by atoms with E-state index in [9.17, 15) is 29.3 Å². The number of hydrogen-bond acceptors (Lipinski definition) is 11. The fourth-order valence-corrected chi connectivity index (χ4v) is 5.38. The molecule has 36 heavy (non-hydrogen) atoms. The topological polar surface area (TPSA) is 152 Å². The summed E-state index contributed by atoms with van der Waals surface area (Å²) < 4.78 is 19.5. The molecular weight excluding hydrogens is 496 g/mol. The van der Waals surface area contributed by atoms with E-state index >= 15 is 0 Å². The van der Waals surface area contributed by atoms with E-state index in [1.54, 1.807) is 34.6 Å². The van der Waals surface area contributed by atoms with Gasteiger partial charge < -0.3 is 23.8 Å². The quantitative estimate of drug-likeness (QED) is 0.162. The van der Waals surface area contributed by atoms with Crippen molar-refractivity contribution >= 4 is 41.5 Å². The zero-order chi connectivity index (χ0) is 26.8. The first kappa shape index (κ1) is 27.2. The number of fused-ring (bicyclic) bond motifs is 1. The van der Waals surface area contributed by atoms with Gasteiger partial charge in [0.05, 0.1) is 15.7 Å². The van der Waals surface area contributed by atoms with Crippen molar-refractivity contribution in [1.29, 1.82) is 0 Å². The largest absolute Gasteiger partial charge is 0.508 e. The number of nitro groups is 1. The molecule has 0 saturated carbocycles. The predicted octanol–water partition coefficient (Wildman–Crippen LogP) is 3.02. The minimum atomic E-state index is -0.988.